The van der Waals surface area contributed by atoms with Gasteiger partial charge >= 0.3 is 0 Å². The van der Waals surface area contributed by atoms with Gasteiger partial charge in [-0.15, -0.1) is 0 Å². The minimum Gasteiger partial charge on any atom is -0.369 e. The standard InChI is InChI=1S/C26H32N8O/c1-2-32(16-20-4-6-22(7-5-20)34-12-3-11-30-34)25-23-10-15-33(26(23)29-19-28-25)17-21-8-13-31(14-9-21)18-24(27)35/h3-7,10-12,15,19,21H,2,8-9,13-14,16-18H2,1H3,(H2,27,35). The van der Waals surface area contributed by atoms with E-state index in [1.54, 1.807) is 12.5 Å². The average Bonchev–Trinajstić information content (AvgIpc) is 3.55. The van der Waals surface area contributed by atoms with Gasteiger partial charge in [0.2, 0.25) is 5.91 Å². The number of carbonyl (C=O) groups is 1. The second-order valence-corrected chi connectivity index (χ2v) is 9.22. The van der Waals surface area contributed by atoms with Crippen molar-refractivity contribution < 1.29 is 4.79 Å². The molecule has 0 saturated carbocycles. The summed E-state index contributed by atoms with van der Waals surface area (Å²) in [6, 6.07) is 12.5. The van der Waals surface area contributed by atoms with Crippen molar-refractivity contribution in [2.24, 2.45) is 11.7 Å². The highest BCUT2D eigenvalue weighted by atomic mass is 16.1. The smallest absolute Gasteiger partial charge is 0.231 e. The average molecular weight is 473 g/mol. The predicted octanol–water partition coefficient (Wildman–Crippen LogP) is 2.84. The third-order valence-corrected chi connectivity index (χ3v) is 6.84. The Balaban J connectivity index is 1.29. The van der Waals surface area contributed by atoms with Crippen LogP contribution in [0.2, 0.25) is 0 Å². The lowest BCUT2D eigenvalue weighted by molar-refractivity contribution is -0.119. The molecule has 0 radical (unpaired) electrons. The quantitative estimate of drug-likeness (QED) is 0.402. The molecule has 2 N–H and O–H groups in total. The minimum absolute atomic E-state index is 0.251. The number of amides is 1. The number of carbonyl (C=O) groups excluding carboxylic acids is 1. The maximum Gasteiger partial charge on any atom is 0.231 e. The van der Waals surface area contributed by atoms with E-state index < -0.39 is 0 Å². The lowest BCUT2D eigenvalue weighted by Gasteiger charge is -2.31. The molecule has 0 atom stereocenters. The zero-order valence-electron chi connectivity index (χ0n) is 20.1. The Labute approximate surface area is 205 Å². The van der Waals surface area contributed by atoms with Crippen LogP contribution in [0.1, 0.15) is 25.3 Å². The summed E-state index contributed by atoms with van der Waals surface area (Å²) in [6.07, 6.45) is 9.64. The van der Waals surface area contributed by atoms with E-state index in [1.807, 2.05) is 16.9 Å². The number of benzene rings is 1. The molecule has 9 heteroatoms. The molecular formula is C26H32N8O. The van der Waals surface area contributed by atoms with Gasteiger partial charge in [0, 0.05) is 38.2 Å². The van der Waals surface area contributed by atoms with Gasteiger partial charge in [0.05, 0.1) is 17.6 Å². The normalized spacial score (nSPS) is 15.0. The van der Waals surface area contributed by atoms with Gasteiger partial charge in [-0.2, -0.15) is 5.10 Å². The van der Waals surface area contributed by atoms with Crippen LogP contribution in [-0.4, -0.2) is 61.3 Å². The molecule has 182 valence electrons. The maximum atomic E-state index is 11.2. The minimum atomic E-state index is -0.251. The number of hydrogen-bond donors (Lipinski definition) is 1. The molecule has 1 aliphatic heterocycles. The van der Waals surface area contributed by atoms with Crippen LogP contribution >= 0.6 is 0 Å². The van der Waals surface area contributed by atoms with Gasteiger partial charge in [-0.25, -0.2) is 14.6 Å². The summed E-state index contributed by atoms with van der Waals surface area (Å²) < 4.78 is 4.11. The van der Waals surface area contributed by atoms with Crippen molar-refractivity contribution in [3.63, 3.8) is 0 Å². The Bertz CT molecular complexity index is 1260. The first-order valence-corrected chi connectivity index (χ1v) is 12.2. The molecule has 1 aromatic carbocycles. The Hall–Kier alpha value is -3.72. The van der Waals surface area contributed by atoms with E-state index in [1.165, 1.54) is 5.56 Å². The van der Waals surface area contributed by atoms with Crippen LogP contribution in [-0.2, 0) is 17.9 Å². The van der Waals surface area contributed by atoms with Crippen LogP contribution in [0.5, 0.6) is 0 Å². The number of likely N-dealkylation sites (tertiary alicyclic amines) is 1. The maximum absolute atomic E-state index is 11.2. The van der Waals surface area contributed by atoms with Crippen LogP contribution in [0.4, 0.5) is 5.82 Å². The molecule has 4 aromatic rings. The summed E-state index contributed by atoms with van der Waals surface area (Å²) >= 11 is 0. The largest absolute Gasteiger partial charge is 0.369 e. The van der Waals surface area contributed by atoms with E-state index in [9.17, 15) is 4.79 Å². The van der Waals surface area contributed by atoms with Gasteiger partial charge < -0.3 is 15.2 Å². The lowest BCUT2D eigenvalue weighted by atomic mass is 9.96. The monoisotopic (exact) mass is 472 g/mol. The van der Waals surface area contributed by atoms with Crippen LogP contribution in [0, 0.1) is 5.92 Å². The van der Waals surface area contributed by atoms with Crippen LogP contribution in [0.3, 0.4) is 0 Å². The van der Waals surface area contributed by atoms with Crippen LogP contribution in [0.25, 0.3) is 16.7 Å². The number of fused-ring (bicyclic) bond motifs is 1. The van der Waals surface area contributed by atoms with Gasteiger partial charge in [0.25, 0.3) is 0 Å². The molecule has 0 spiro atoms. The molecule has 0 aliphatic carbocycles. The third kappa shape index (κ3) is 5.19. The molecular weight excluding hydrogens is 440 g/mol. The van der Waals surface area contributed by atoms with Crippen molar-refractivity contribution in [2.45, 2.75) is 32.9 Å². The summed E-state index contributed by atoms with van der Waals surface area (Å²) in [6.45, 7) is 6.87. The zero-order valence-corrected chi connectivity index (χ0v) is 20.1. The van der Waals surface area contributed by atoms with Crippen molar-refractivity contribution in [1.82, 2.24) is 29.2 Å². The van der Waals surface area contributed by atoms with Gasteiger partial charge in [-0.05, 0) is 68.6 Å². The first kappa shape index (κ1) is 23.0. The SMILES string of the molecule is CCN(Cc1ccc(-n2cccn2)cc1)c1ncnc2c1ccn2CC1CCN(CC(N)=O)CC1. The topological polar surface area (TPSA) is 98.1 Å². The first-order valence-electron chi connectivity index (χ1n) is 12.2. The number of anilines is 1. The summed E-state index contributed by atoms with van der Waals surface area (Å²) in [5.41, 5.74) is 8.59. The highest BCUT2D eigenvalue weighted by Gasteiger charge is 2.22. The van der Waals surface area contributed by atoms with Gasteiger partial charge in [0.15, 0.2) is 0 Å². The zero-order chi connectivity index (χ0) is 24.2. The molecule has 35 heavy (non-hydrogen) atoms. The van der Waals surface area contributed by atoms with E-state index in [2.05, 4.69) is 72.9 Å². The van der Waals surface area contributed by atoms with Crippen molar-refractivity contribution in [3.05, 3.63) is 66.9 Å². The molecule has 0 unspecified atom stereocenters. The van der Waals surface area contributed by atoms with E-state index in [0.29, 0.717) is 12.5 Å². The number of nitrogens with two attached hydrogens (primary N) is 1. The second-order valence-electron chi connectivity index (χ2n) is 9.22. The van der Waals surface area contributed by atoms with Gasteiger partial charge in [0.1, 0.15) is 17.8 Å². The lowest BCUT2D eigenvalue weighted by Crippen LogP contribution is -2.40. The van der Waals surface area contributed by atoms with Gasteiger partial charge in [-0.3, -0.25) is 9.69 Å². The first-order chi connectivity index (χ1) is 17.1. The van der Waals surface area contributed by atoms with E-state index in [4.69, 9.17) is 5.73 Å². The number of primary amides is 1. The van der Waals surface area contributed by atoms with E-state index >= 15 is 0 Å². The molecule has 1 saturated heterocycles. The summed E-state index contributed by atoms with van der Waals surface area (Å²) in [7, 11) is 0. The van der Waals surface area contributed by atoms with E-state index in [-0.39, 0.29) is 5.91 Å². The van der Waals surface area contributed by atoms with Gasteiger partial charge in [-0.1, -0.05) is 12.1 Å². The molecule has 0 bridgehead atoms. The molecule has 1 aliphatic rings. The summed E-state index contributed by atoms with van der Waals surface area (Å²) in [4.78, 5) is 24.9. The highest BCUT2D eigenvalue weighted by molar-refractivity contribution is 5.87. The Kier molecular flexibility index (Phi) is 6.76. The fraction of sp³-hybridized carbons (Fsp3) is 0.385. The Morgan fingerprint density at radius 1 is 1.11 bits per heavy atom. The fourth-order valence-electron chi connectivity index (χ4n) is 4.95. The number of rotatable bonds is 9. The fourth-order valence-corrected chi connectivity index (χ4v) is 4.95. The molecule has 1 amide bonds. The van der Waals surface area contributed by atoms with E-state index in [0.717, 1.165) is 68.1 Å². The third-order valence-electron chi connectivity index (χ3n) is 6.84. The molecule has 9 nitrogen and oxygen atoms in total. The van der Waals surface area contributed by atoms with Crippen molar-refractivity contribution in [2.75, 3.05) is 31.1 Å². The number of nitrogens with zero attached hydrogens (tertiary/aromatic N) is 7. The number of piperidine rings is 1. The molecule has 5 rings (SSSR count). The van der Waals surface area contributed by atoms with Crippen molar-refractivity contribution >= 4 is 22.8 Å². The summed E-state index contributed by atoms with van der Waals surface area (Å²) in [5.74, 6) is 1.27. The molecule has 3 aromatic heterocycles. The van der Waals surface area contributed by atoms with Crippen molar-refractivity contribution in [1.29, 1.82) is 0 Å². The number of aromatic nitrogens is 5. The van der Waals surface area contributed by atoms with Crippen LogP contribution in [0.15, 0.2) is 61.3 Å². The second kappa shape index (κ2) is 10.3. The molecule has 1 fully saturated rings. The predicted molar refractivity (Wildman–Crippen MR) is 136 cm³/mol. The van der Waals surface area contributed by atoms with Crippen LogP contribution < -0.4 is 10.6 Å². The Morgan fingerprint density at radius 2 is 1.91 bits per heavy atom. The summed E-state index contributed by atoms with van der Waals surface area (Å²) in [5, 5.41) is 5.38. The number of hydrogen-bond acceptors (Lipinski definition) is 6. The van der Waals surface area contributed by atoms with Crippen molar-refractivity contribution in [3.8, 4) is 5.69 Å². The Morgan fingerprint density at radius 3 is 2.60 bits per heavy atom. The highest BCUT2D eigenvalue weighted by Crippen LogP contribution is 2.27. The molecule has 4 heterocycles.